The molecular weight excluding hydrogens is 343 g/mol. The van der Waals surface area contributed by atoms with Gasteiger partial charge in [0.05, 0.1) is 0 Å². The van der Waals surface area contributed by atoms with Crippen molar-refractivity contribution in [2.45, 2.75) is 13.0 Å². The minimum Gasteiger partial charge on any atom is -0.324 e. The normalized spacial score (nSPS) is 16.3. The van der Waals surface area contributed by atoms with Gasteiger partial charge < -0.3 is 5.32 Å². The molecule has 24 heavy (non-hydrogen) atoms. The molecule has 1 aliphatic heterocycles. The largest absolute Gasteiger partial charge is 0.324 e. The van der Waals surface area contributed by atoms with E-state index in [0.29, 0.717) is 10.0 Å². The van der Waals surface area contributed by atoms with E-state index in [4.69, 9.17) is 23.2 Å². The highest BCUT2D eigenvalue weighted by Crippen LogP contribution is 2.33. The Morgan fingerprint density at radius 3 is 2.25 bits per heavy atom. The molecule has 0 bridgehead atoms. The fourth-order valence-corrected chi connectivity index (χ4v) is 3.05. The average Bonchev–Trinajstić information content (AvgIpc) is 2.95. The van der Waals surface area contributed by atoms with Gasteiger partial charge in [0.2, 0.25) is 5.95 Å². The molecule has 2 heterocycles. The molecule has 0 unspecified atom stereocenters. The summed E-state index contributed by atoms with van der Waals surface area (Å²) in [5.74, 6) is 1.45. The first-order valence-corrected chi connectivity index (χ1v) is 8.29. The molecule has 0 amide bonds. The molecule has 4 nitrogen and oxygen atoms in total. The molecule has 0 saturated carbocycles. The van der Waals surface area contributed by atoms with Crippen LogP contribution in [0.1, 0.15) is 23.0 Å². The Morgan fingerprint density at radius 1 is 0.958 bits per heavy atom. The van der Waals surface area contributed by atoms with Gasteiger partial charge >= 0.3 is 0 Å². The second-order valence-electron chi connectivity index (χ2n) is 5.64. The molecule has 0 aliphatic carbocycles. The Labute approximate surface area is 149 Å². The van der Waals surface area contributed by atoms with Gasteiger partial charge in [0.1, 0.15) is 11.9 Å². The lowest BCUT2D eigenvalue weighted by atomic mass is 10.0. The smallest absolute Gasteiger partial charge is 0.226 e. The number of benzene rings is 2. The number of allylic oxidation sites excluding steroid dienone is 1. The fourth-order valence-electron chi connectivity index (χ4n) is 2.80. The summed E-state index contributed by atoms with van der Waals surface area (Å²) in [4.78, 5) is 4.49. The standard InChI is InChI=1S/C18H14Cl2N4/c1-11-21-18-22-16(12-2-6-14(19)7-3-12)10-17(24(18)23-11)13-4-8-15(20)9-5-13/h2-10,17H,1H3,(H,21,22,23)/t17-/m1/s1. The van der Waals surface area contributed by atoms with Crippen LogP contribution in [0.2, 0.25) is 10.0 Å². The van der Waals surface area contributed by atoms with Crippen LogP contribution in [0.3, 0.4) is 0 Å². The summed E-state index contributed by atoms with van der Waals surface area (Å²) in [6.45, 7) is 1.88. The molecule has 0 spiro atoms. The summed E-state index contributed by atoms with van der Waals surface area (Å²) in [5.41, 5.74) is 3.12. The number of aryl methyl sites for hydroxylation is 1. The molecule has 1 aromatic heterocycles. The summed E-state index contributed by atoms with van der Waals surface area (Å²) in [7, 11) is 0. The molecule has 1 N–H and O–H groups in total. The molecule has 120 valence electrons. The molecule has 0 fully saturated rings. The van der Waals surface area contributed by atoms with Crippen LogP contribution in [0.5, 0.6) is 0 Å². The first-order chi connectivity index (χ1) is 11.6. The Morgan fingerprint density at radius 2 is 1.58 bits per heavy atom. The number of halogens is 2. The van der Waals surface area contributed by atoms with E-state index in [2.05, 4.69) is 21.5 Å². The average molecular weight is 357 g/mol. The topological polar surface area (TPSA) is 42.7 Å². The number of nitrogens with zero attached hydrogens (tertiary/aromatic N) is 3. The van der Waals surface area contributed by atoms with Gasteiger partial charge in [-0.2, -0.15) is 10.1 Å². The molecule has 0 radical (unpaired) electrons. The fraction of sp³-hybridized carbons (Fsp3) is 0.111. The lowest BCUT2D eigenvalue weighted by molar-refractivity contribution is 0.607. The van der Waals surface area contributed by atoms with Crippen molar-refractivity contribution < 1.29 is 0 Å². The Bertz CT molecular complexity index is 911. The second kappa shape index (κ2) is 5.96. The van der Waals surface area contributed by atoms with E-state index >= 15 is 0 Å². The van der Waals surface area contributed by atoms with Gasteiger partial charge in [-0.1, -0.05) is 47.5 Å². The zero-order valence-corrected chi connectivity index (χ0v) is 14.4. The maximum atomic E-state index is 6.02. The van der Waals surface area contributed by atoms with Crippen molar-refractivity contribution in [3.63, 3.8) is 0 Å². The molecule has 1 atom stereocenters. The first-order valence-electron chi connectivity index (χ1n) is 7.53. The van der Waals surface area contributed by atoms with Crippen LogP contribution in [-0.2, 0) is 0 Å². The predicted octanol–water partition coefficient (Wildman–Crippen LogP) is 4.95. The van der Waals surface area contributed by atoms with Gasteiger partial charge in [-0.3, -0.25) is 0 Å². The third-order valence-corrected chi connectivity index (χ3v) is 4.44. The molecule has 3 aromatic rings. The number of aromatic nitrogens is 3. The van der Waals surface area contributed by atoms with E-state index in [0.717, 1.165) is 28.6 Å². The Balaban J connectivity index is 1.82. The van der Waals surface area contributed by atoms with Crippen molar-refractivity contribution >= 4 is 34.8 Å². The predicted molar refractivity (Wildman–Crippen MR) is 97.4 cm³/mol. The zero-order valence-electron chi connectivity index (χ0n) is 12.9. The molecule has 6 heteroatoms. The van der Waals surface area contributed by atoms with Crippen LogP contribution in [0.4, 0.5) is 5.95 Å². The van der Waals surface area contributed by atoms with Crippen LogP contribution in [0, 0.1) is 6.92 Å². The minimum atomic E-state index is -0.0506. The van der Waals surface area contributed by atoms with E-state index < -0.39 is 0 Å². The molecule has 4 rings (SSSR count). The highest BCUT2D eigenvalue weighted by molar-refractivity contribution is 6.30. The van der Waals surface area contributed by atoms with Crippen LogP contribution in [0.15, 0.2) is 54.6 Å². The maximum Gasteiger partial charge on any atom is 0.226 e. The van der Waals surface area contributed by atoms with E-state index in [9.17, 15) is 0 Å². The Kier molecular flexibility index (Phi) is 3.79. The van der Waals surface area contributed by atoms with Crippen molar-refractivity contribution in [1.82, 2.24) is 14.8 Å². The van der Waals surface area contributed by atoms with Crippen molar-refractivity contribution in [2.75, 3.05) is 5.32 Å². The summed E-state index contributed by atoms with van der Waals surface area (Å²) >= 11 is 12.0. The first kappa shape index (κ1) is 15.2. The number of hydrogen-bond donors (Lipinski definition) is 1. The zero-order chi connectivity index (χ0) is 16.7. The SMILES string of the molecule is Cc1nc2n(n1)[C@@H](c1ccc(Cl)cc1)C=C(c1ccc(Cl)cc1)N2. The summed E-state index contributed by atoms with van der Waals surface area (Å²) in [6, 6.07) is 15.5. The van der Waals surface area contributed by atoms with Crippen LogP contribution in [-0.4, -0.2) is 14.8 Å². The number of nitrogens with one attached hydrogen (secondary N) is 1. The van der Waals surface area contributed by atoms with E-state index in [1.165, 1.54) is 0 Å². The highest BCUT2D eigenvalue weighted by Gasteiger charge is 2.24. The quantitative estimate of drug-likeness (QED) is 0.706. The van der Waals surface area contributed by atoms with Gasteiger partial charge in [0, 0.05) is 15.7 Å². The van der Waals surface area contributed by atoms with Crippen LogP contribution >= 0.6 is 23.2 Å². The number of hydrogen-bond acceptors (Lipinski definition) is 3. The van der Waals surface area contributed by atoms with Crippen LogP contribution in [0.25, 0.3) is 5.70 Å². The Hall–Kier alpha value is -2.30. The van der Waals surface area contributed by atoms with Gasteiger partial charge in [-0.05, 0) is 48.4 Å². The van der Waals surface area contributed by atoms with Crippen molar-refractivity contribution in [2.24, 2.45) is 0 Å². The van der Waals surface area contributed by atoms with Crippen molar-refractivity contribution in [3.8, 4) is 0 Å². The summed E-state index contributed by atoms with van der Waals surface area (Å²) in [5, 5.41) is 9.29. The third-order valence-electron chi connectivity index (χ3n) is 3.94. The lowest BCUT2D eigenvalue weighted by Gasteiger charge is -2.24. The second-order valence-corrected chi connectivity index (χ2v) is 6.51. The van der Waals surface area contributed by atoms with E-state index in [-0.39, 0.29) is 6.04 Å². The summed E-state index contributed by atoms with van der Waals surface area (Å²) < 4.78 is 1.89. The number of fused-ring (bicyclic) bond motifs is 1. The number of rotatable bonds is 2. The van der Waals surface area contributed by atoms with Crippen LogP contribution < -0.4 is 5.32 Å². The van der Waals surface area contributed by atoms with Crippen molar-refractivity contribution in [1.29, 1.82) is 0 Å². The van der Waals surface area contributed by atoms with Crippen molar-refractivity contribution in [3.05, 3.63) is 81.6 Å². The van der Waals surface area contributed by atoms with Gasteiger partial charge in [0.15, 0.2) is 0 Å². The molecular formula is C18H14Cl2N4. The highest BCUT2D eigenvalue weighted by atomic mass is 35.5. The third kappa shape index (κ3) is 2.79. The van der Waals surface area contributed by atoms with Gasteiger partial charge in [-0.25, -0.2) is 4.68 Å². The van der Waals surface area contributed by atoms with E-state index in [1.54, 1.807) is 0 Å². The summed E-state index contributed by atoms with van der Waals surface area (Å²) in [6.07, 6.45) is 2.13. The maximum absolute atomic E-state index is 6.02. The number of anilines is 1. The van der Waals surface area contributed by atoms with Gasteiger partial charge in [-0.15, -0.1) is 0 Å². The molecule has 0 saturated heterocycles. The van der Waals surface area contributed by atoms with E-state index in [1.807, 2.05) is 60.1 Å². The molecule has 2 aromatic carbocycles. The van der Waals surface area contributed by atoms with Gasteiger partial charge in [0.25, 0.3) is 0 Å². The monoisotopic (exact) mass is 356 g/mol. The molecule has 1 aliphatic rings. The lowest BCUT2D eigenvalue weighted by Crippen LogP contribution is -2.20. The minimum absolute atomic E-state index is 0.0506.